The lowest BCUT2D eigenvalue weighted by Gasteiger charge is -1.99. The molecule has 1 aromatic rings. The zero-order valence-corrected chi connectivity index (χ0v) is 7.63. The standard InChI is InChI=1S/C6H10N4O2S/c7-10-12-5(11)1-4-13-6-8-2-3-9-6/h2-3,10H,1,4,7H2,(H,8,9). The summed E-state index contributed by atoms with van der Waals surface area (Å²) < 4.78 is 0. The number of nitrogens with zero attached hydrogens (tertiary/aromatic N) is 1. The Morgan fingerprint density at radius 2 is 2.69 bits per heavy atom. The van der Waals surface area contributed by atoms with E-state index in [1.807, 2.05) is 5.59 Å². The first-order valence-electron chi connectivity index (χ1n) is 3.60. The average Bonchev–Trinajstić information content (AvgIpc) is 2.57. The molecule has 0 aromatic carbocycles. The van der Waals surface area contributed by atoms with Crippen molar-refractivity contribution in [3.8, 4) is 0 Å². The molecular weight excluding hydrogens is 192 g/mol. The number of aromatic nitrogens is 2. The quantitative estimate of drug-likeness (QED) is 0.348. The predicted octanol–water partition coefficient (Wildman–Crippen LogP) is -0.187. The fraction of sp³-hybridized carbons (Fsp3) is 0.333. The van der Waals surface area contributed by atoms with E-state index in [1.54, 1.807) is 12.4 Å². The first kappa shape index (κ1) is 10.0. The summed E-state index contributed by atoms with van der Waals surface area (Å²) in [5.74, 6) is 5.00. The van der Waals surface area contributed by atoms with Gasteiger partial charge in [-0.1, -0.05) is 17.4 Å². The Bertz CT molecular complexity index is 251. The van der Waals surface area contributed by atoms with E-state index in [0.717, 1.165) is 5.16 Å². The van der Waals surface area contributed by atoms with Crippen LogP contribution < -0.4 is 11.4 Å². The Labute approximate surface area is 79.2 Å². The fourth-order valence-corrected chi connectivity index (χ4v) is 1.43. The van der Waals surface area contributed by atoms with E-state index in [2.05, 4.69) is 14.8 Å². The minimum atomic E-state index is -0.387. The van der Waals surface area contributed by atoms with E-state index < -0.39 is 0 Å². The van der Waals surface area contributed by atoms with Gasteiger partial charge < -0.3 is 9.82 Å². The maximum absolute atomic E-state index is 10.8. The Balaban J connectivity index is 2.11. The molecule has 4 N–H and O–H groups in total. The number of imidazole rings is 1. The monoisotopic (exact) mass is 202 g/mol. The molecule has 0 spiro atoms. The zero-order valence-electron chi connectivity index (χ0n) is 6.82. The Morgan fingerprint density at radius 3 is 3.31 bits per heavy atom. The summed E-state index contributed by atoms with van der Waals surface area (Å²) in [5, 5.41) is 0.786. The van der Waals surface area contributed by atoms with E-state index >= 15 is 0 Å². The van der Waals surface area contributed by atoms with E-state index in [1.165, 1.54) is 11.8 Å². The molecule has 0 radical (unpaired) electrons. The highest BCUT2D eigenvalue weighted by molar-refractivity contribution is 7.99. The van der Waals surface area contributed by atoms with Crippen LogP contribution >= 0.6 is 11.8 Å². The van der Waals surface area contributed by atoms with Crippen molar-refractivity contribution >= 4 is 17.7 Å². The second-order valence-electron chi connectivity index (χ2n) is 2.08. The van der Waals surface area contributed by atoms with Gasteiger partial charge in [0.05, 0.1) is 6.42 Å². The van der Waals surface area contributed by atoms with E-state index in [4.69, 9.17) is 5.84 Å². The number of carbonyl (C=O) groups is 1. The van der Waals surface area contributed by atoms with Crippen LogP contribution in [-0.4, -0.2) is 21.7 Å². The van der Waals surface area contributed by atoms with Crippen LogP contribution in [0.25, 0.3) is 0 Å². The van der Waals surface area contributed by atoms with Crippen molar-refractivity contribution < 1.29 is 9.63 Å². The molecule has 0 aliphatic rings. The van der Waals surface area contributed by atoms with Gasteiger partial charge in [0, 0.05) is 18.1 Å². The molecule has 0 amide bonds. The van der Waals surface area contributed by atoms with Crippen molar-refractivity contribution in [1.29, 1.82) is 0 Å². The molecule has 0 saturated carbocycles. The molecule has 0 aliphatic carbocycles. The van der Waals surface area contributed by atoms with Crippen LogP contribution in [0.1, 0.15) is 6.42 Å². The molecule has 0 saturated heterocycles. The molecule has 1 aromatic heterocycles. The van der Waals surface area contributed by atoms with Gasteiger partial charge in [0.2, 0.25) is 0 Å². The average molecular weight is 202 g/mol. The number of thioether (sulfide) groups is 1. The topological polar surface area (TPSA) is 93.0 Å². The SMILES string of the molecule is NNOC(=O)CCSc1ncc[nH]1. The van der Waals surface area contributed by atoms with Gasteiger partial charge in [-0.05, 0) is 0 Å². The van der Waals surface area contributed by atoms with Crippen molar-refractivity contribution in [1.82, 2.24) is 15.6 Å². The molecule has 6 nitrogen and oxygen atoms in total. The van der Waals surface area contributed by atoms with Crippen molar-refractivity contribution in [2.24, 2.45) is 5.84 Å². The number of carbonyl (C=O) groups excluding carboxylic acids is 1. The van der Waals surface area contributed by atoms with Gasteiger partial charge in [0.25, 0.3) is 0 Å². The Kier molecular flexibility index (Phi) is 4.30. The third-order valence-corrected chi connectivity index (χ3v) is 2.10. The highest BCUT2D eigenvalue weighted by Crippen LogP contribution is 2.12. The number of H-pyrrole nitrogens is 1. The highest BCUT2D eigenvalue weighted by atomic mass is 32.2. The first-order valence-corrected chi connectivity index (χ1v) is 4.59. The third kappa shape index (κ3) is 3.92. The highest BCUT2D eigenvalue weighted by Gasteiger charge is 2.03. The molecule has 7 heteroatoms. The lowest BCUT2D eigenvalue weighted by molar-refractivity contribution is -0.150. The number of rotatable bonds is 5. The number of nitrogens with two attached hydrogens (primary N) is 1. The number of aromatic amines is 1. The predicted molar refractivity (Wildman–Crippen MR) is 47.3 cm³/mol. The number of hydrogen-bond acceptors (Lipinski definition) is 6. The van der Waals surface area contributed by atoms with Gasteiger partial charge in [-0.25, -0.2) is 10.8 Å². The second-order valence-corrected chi connectivity index (χ2v) is 3.17. The summed E-state index contributed by atoms with van der Waals surface area (Å²) in [6.45, 7) is 0. The summed E-state index contributed by atoms with van der Waals surface area (Å²) in [7, 11) is 0. The Morgan fingerprint density at radius 1 is 1.85 bits per heavy atom. The van der Waals surface area contributed by atoms with E-state index in [-0.39, 0.29) is 12.4 Å². The van der Waals surface area contributed by atoms with Crippen LogP contribution in [0.2, 0.25) is 0 Å². The molecule has 1 rings (SSSR count). The van der Waals surface area contributed by atoms with Crippen molar-refractivity contribution in [3.05, 3.63) is 12.4 Å². The van der Waals surface area contributed by atoms with Crippen LogP contribution in [-0.2, 0) is 9.63 Å². The van der Waals surface area contributed by atoms with Gasteiger partial charge in [-0.15, -0.1) is 0 Å². The molecule has 0 bridgehead atoms. The van der Waals surface area contributed by atoms with Crippen LogP contribution in [0, 0.1) is 0 Å². The summed E-state index contributed by atoms with van der Waals surface area (Å²) >= 11 is 1.45. The number of nitrogens with one attached hydrogen (secondary N) is 2. The molecule has 1 heterocycles. The van der Waals surface area contributed by atoms with Crippen molar-refractivity contribution in [2.45, 2.75) is 11.6 Å². The van der Waals surface area contributed by atoms with Gasteiger partial charge in [0.15, 0.2) is 5.16 Å². The van der Waals surface area contributed by atoms with Crippen LogP contribution in [0.5, 0.6) is 0 Å². The molecule has 13 heavy (non-hydrogen) atoms. The normalized spacial score (nSPS) is 9.92. The summed E-state index contributed by atoms with van der Waals surface area (Å²) in [5.41, 5.74) is 1.83. The van der Waals surface area contributed by atoms with Crippen LogP contribution in [0.3, 0.4) is 0 Å². The largest absolute Gasteiger partial charge is 0.356 e. The lowest BCUT2D eigenvalue weighted by atomic mass is 10.5. The molecule has 72 valence electrons. The number of hydrazine groups is 1. The van der Waals surface area contributed by atoms with Crippen LogP contribution in [0.15, 0.2) is 17.6 Å². The lowest BCUT2D eigenvalue weighted by Crippen LogP contribution is -2.26. The van der Waals surface area contributed by atoms with Gasteiger partial charge in [-0.3, -0.25) is 4.79 Å². The van der Waals surface area contributed by atoms with Crippen molar-refractivity contribution in [2.75, 3.05) is 5.75 Å². The minimum Gasteiger partial charge on any atom is -0.356 e. The Hall–Kier alpha value is -1.05. The van der Waals surface area contributed by atoms with E-state index in [9.17, 15) is 4.79 Å². The second kappa shape index (κ2) is 5.57. The summed E-state index contributed by atoms with van der Waals surface area (Å²) in [6, 6.07) is 0. The fourth-order valence-electron chi connectivity index (χ4n) is 0.678. The van der Waals surface area contributed by atoms with E-state index in [0.29, 0.717) is 5.75 Å². The summed E-state index contributed by atoms with van der Waals surface area (Å²) in [4.78, 5) is 21.9. The summed E-state index contributed by atoms with van der Waals surface area (Å²) in [6.07, 6.45) is 3.67. The zero-order chi connectivity index (χ0) is 9.52. The maximum atomic E-state index is 10.8. The van der Waals surface area contributed by atoms with Gasteiger partial charge in [0.1, 0.15) is 0 Å². The maximum Gasteiger partial charge on any atom is 0.327 e. The molecule has 0 atom stereocenters. The minimum absolute atomic E-state index is 0.287. The third-order valence-electron chi connectivity index (χ3n) is 1.19. The van der Waals surface area contributed by atoms with Gasteiger partial charge >= 0.3 is 5.97 Å². The number of hydrogen-bond donors (Lipinski definition) is 3. The molecule has 0 fully saturated rings. The first-order chi connectivity index (χ1) is 6.33. The van der Waals surface area contributed by atoms with Crippen LogP contribution in [0.4, 0.5) is 0 Å². The van der Waals surface area contributed by atoms with Crippen molar-refractivity contribution in [3.63, 3.8) is 0 Å². The molecular formula is C6H10N4O2S. The smallest absolute Gasteiger partial charge is 0.327 e. The molecule has 0 unspecified atom stereocenters. The molecule has 0 aliphatic heterocycles. The van der Waals surface area contributed by atoms with Gasteiger partial charge in [-0.2, -0.15) is 0 Å².